The largest absolute Gasteiger partial charge is 0.378 e. The number of nitrogens with one attached hydrogen (secondary N) is 2. The minimum atomic E-state index is 0.651. The van der Waals surface area contributed by atoms with Crippen LogP contribution in [0.5, 0.6) is 0 Å². The number of pyridine rings is 1. The number of hydrazone groups is 1. The molecular formula is C21H22N5+. The summed E-state index contributed by atoms with van der Waals surface area (Å²) in [6, 6.07) is 23.8. The second kappa shape index (κ2) is 8.58. The highest BCUT2D eigenvalue weighted by atomic mass is 15.3. The molecule has 5 heteroatoms. The lowest BCUT2D eigenvalue weighted by Crippen LogP contribution is -2.26. The van der Waals surface area contributed by atoms with Crippen molar-refractivity contribution in [3.05, 3.63) is 90.3 Å². The number of aromatic amines is 1. The van der Waals surface area contributed by atoms with Crippen molar-refractivity contribution in [2.75, 3.05) is 19.0 Å². The van der Waals surface area contributed by atoms with Gasteiger partial charge in [-0.3, -0.25) is 5.43 Å². The van der Waals surface area contributed by atoms with Crippen molar-refractivity contribution < 1.29 is 4.98 Å². The predicted molar refractivity (Wildman–Crippen MR) is 107 cm³/mol. The van der Waals surface area contributed by atoms with Crippen LogP contribution in [0.25, 0.3) is 0 Å². The molecule has 0 radical (unpaired) electrons. The molecule has 0 bridgehead atoms. The fourth-order valence-corrected chi connectivity index (χ4v) is 2.34. The van der Waals surface area contributed by atoms with Gasteiger partial charge in [-0.25, -0.2) is 9.98 Å². The molecule has 0 aliphatic rings. The zero-order valence-corrected chi connectivity index (χ0v) is 14.9. The number of aromatic nitrogens is 1. The number of rotatable bonds is 5. The molecule has 2 aromatic carbocycles. The summed E-state index contributed by atoms with van der Waals surface area (Å²) in [5.41, 5.74) is 6.93. The summed E-state index contributed by atoms with van der Waals surface area (Å²) in [4.78, 5) is 9.90. The Bertz CT molecular complexity index is 869. The molecule has 3 aromatic rings. The Morgan fingerprint density at radius 1 is 0.923 bits per heavy atom. The van der Waals surface area contributed by atoms with Crippen molar-refractivity contribution in [1.29, 1.82) is 0 Å². The van der Waals surface area contributed by atoms with E-state index in [9.17, 15) is 0 Å². The third kappa shape index (κ3) is 4.77. The normalized spacial score (nSPS) is 11.5. The number of hydrogen-bond donors (Lipinski definition) is 1. The number of nitrogens with zero attached hydrogens (tertiary/aromatic N) is 3. The summed E-state index contributed by atoms with van der Waals surface area (Å²) in [6.45, 7) is 0. The van der Waals surface area contributed by atoms with Gasteiger partial charge in [0.05, 0.1) is 11.9 Å². The topological polar surface area (TPSA) is 54.1 Å². The highest BCUT2D eigenvalue weighted by Gasteiger charge is 2.09. The molecule has 1 aromatic heterocycles. The minimum Gasteiger partial charge on any atom is -0.378 e. The van der Waals surface area contributed by atoms with E-state index in [2.05, 4.69) is 37.5 Å². The zero-order valence-electron chi connectivity index (χ0n) is 14.9. The van der Waals surface area contributed by atoms with Crippen molar-refractivity contribution in [1.82, 2.24) is 5.43 Å². The quantitative estimate of drug-likeness (QED) is 0.439. The highest BCUT2D eigenvalue weighted by molar-refractivity contribution is 5.97. The molecule has 0 spiro atoms. The van der Waals surface area contributed by atoms with Crippen molar-refractivity contribution in [3.63, 3.8) is 0 Å². The monoisotopic (exact) mass is 344 g/mol. The number of anilines is 1. The molecule has 0 amide bonds. The Hall–Kier alpha value is -3.47. The van der Waals surface area contributed by atoms with Crippen molar-refractivity contribution in [3.8, 4) is 0 Å². The van der Waals surface area contributed by atoms with Gasteiger partial charge in [0.15, 0.2) is 6.20 Å². The fourth-order valence-electron chi connectivity index (χ4n) is 2.34. The van der Waals surface area contributed by atoms with E-state index in [1.165, 1.54) is 0 Å². The molecule has 0 saturated carbocycles. The first-order valence-electron chi connectivity index (χ1n) is 8.40. The highest BCUT2D eigenvalue weighted by Crippen LogP contribution is 2.12. The van der Waals surface area contributed by atoms with Crippen molar-refractivity contribution >= 4 is 23.4 Å². The van der Waals surface area contributed by atoms with Crippen LogP contribution in [-0.2, 0) is 0 Å². The standard InChI is InChI=1S/C21H21N5/c1-26(2)19-13-11-17(12-14-19)16-23-25-21(20-10-6-7-15-22-20)24-18-8-4-3-5-9-18/h3-16H,1-2H3,(H,24,25)/p+1. The van der Waals surface area contributed by atoms with Gasteiger partial charge < -0.3 is 4.90 Å². The van der Waals surface area contributed by atoms with Crippen LogP contribution in [0.1, 0.15) is 11.3 Å². The molecule has 1 heterocycles. The van der Waals surface area contributed by atoms with E-state index in [1.54, 1.807) is 6.21 Å². The molecule has 130 valence electrons. The van der Waals surface area contributed by atoms with Gasteiger partial charge >= 0.3 is 0 Å². The lowest BCUT2D eigenvalue weighted by molar-refractivity contribution is -0.380. The maximum atomic E-state index is 4.65. The Morgan fingerprint density at radius 2 is 1.65 bits per heavy atom. The van der Waals surface area contributed by atoms with E-state index >= 15 is 0 Å². The SMILES string of the molecule is CN(C)c1ccc(C=NNC(=Nc2ccccc2)c2cccc[nH+]2)cc1. The van der Waals surface area contributed by atoms with Gasteiger partial charge in [-0.2, -0.15) is 5.10 Å². The molecule has 0 saturated heterocycles. The predicted octanol–water partition coefficient (Wildman–Crippen LogP) is 3.27. The van der Waals surface area contributed by atoms with Gasteiger partial charge in [-0.05, 0) is 35.9 Å². The van der Waals surface area contributed by atoms with Crippen LogP contribution in [-0.4, -0.2) is 26.1 Å². The molecule has 0 atom stereocenters. The molecule has 0 aliphatic carbocycles. The van der Waals surface area contributed by atoms with Gasteiger partial charge in [0.2, 0.25) is 11.5 Å². The van der Waals surface area contributed by atoms with E-state index in [4.69, 9.17) is 0 Å². The molecule has 0 unspecified atom stereocenters. The fraction of sp³-hybridized carbons (Fsp3) is 0.0952. The van der Waals surface area contributed by atoms with Crippen LogP contribution in [0.15, 0.2) is 89.1 Å². The Kier molecular flexibility index (Phi) is 5.72. The maximum Gasteiger partial charge on any atom is 0.248 e. The maximum absolute atomic E-state index is 4.65. The third-order valence-electron chi connectivity index (χ3n) is 3.75. The van der Waals surface area contributed by atoms with Crippen LogP contribution < -0.4 is 15.3 Å². The third-order valence-corrected chi connectivity index (χ3v) is 3.75. The second-order valence-corrected chi connectivity index (χ2v) is 5.93. The number of benzene rings is 2. The molecule has 0 fully saturated rings. The molecular weight excluding hydrogens is 322 g/mol. The van der Waals surface area contributed by atoms with E-state index < -0.39 is 0 Å². The van der Waals surface area contributed by atoms with Crippen LogP contribution in [0.3, 0.4) is 0 Å². The Morgan fingerprint density at radius 3 is 2.31 bits per heavy atom. The summed E-state index contributed by atoms with van der Waals surface area (Å²) in [5, 5.41) is 4.35. The molecule has 5 nitrogen and oxygen atoms in total. The Balaban J connectivity index is 1.79. The Labute approximate surface area is 153 Å². The number of para-hydroxylation sites is 1. The van der Waals surface area contributed by atoms with Crippen molar-refractivity contribution in [2.24, 2.45) is 10.1 Å². The first-order chi connectivity index (χ1) is 12.7. The van der Waals surface area contributed by atoms with E-state index in [0.29, 0.717) is 5.84 Å². The molecule has 3 rings (SSSR count). The van der Waals surface area contributed by atoms with Gasteiger partial charge in [-0.15, -0.1) is 0 Å². The zero-order chi connectivity index (χ0) is 18.2. The second-order valence-electron chi connectivity index (χ2n) is 5.93. The lowest BCUT2D eigenvalue weighted by Gasteiger charge is -2.11. The van der Waals surface area contributed by atoms with E-state index in [-0.39, 0.29) is 0 Å². The van der Waals surface area contributed by atoms with Gasteiger partial charge in [0, 0.05) is 31.9 Å². The summed E-state index contributed by atoms with van der Waals surface area (Å²) in [7, 11) is 4.04. The number of hydrogen-bond acceptors (Lipinski definition) is 3. The van der Waals surface area contributed by atoms with E-state index in [0.717, 1.165) is 22.6 Å². The van der Waals surface area contributed by atoms with Crippen molar-refractivity contribution in [2.45, 2.75) is 0 Å². The smallest absolute Gasteiger partial charge is 0.248 e. The number of H-pyrrole nitrogens is 1. The first-order valence-corrected chi connectivity index (χ1v) is 8.40. The summed E-state index contributed by atoms with van der Waals surface area (Å²) in [6.07, 6.45) is 3.64. The molecule has 0 aliphatic heterocycles. The summed E-state index contributed by atoms with van der Waals surface area (Å²) >= 11 is 0. The average molecular weight is 344 g/mol. The number of aliphatic imine (C=N–C) groups is 1. The van der Waals surface area contributed by atoms with Crippen LogP contribution in [0.2, 0.25) is 0 Å². The van der Waals surface area contributed by atoms with E-state index in [1.807, 2.05) is 81.0 Å². The average Bonchev–Trinajstić information content (AvgIpc) is 2.69. The summed E-state index contributed by atoms with van der Waals surface area (Å²) in [5.74, 6) is 0.651. The number of amidine groups is 1. The van der Waals surface area contributed by atoms with Crippen LogP contribution >= 0.6 is 0 Å². The lowest BCUT2D eigenvalue weighted by atomic mass is 10.2. The van der Waals surface area contributed by atoms with Crippen LogP contribution in [0.4, 0.5) is 11.4 Å². The molecule has 2 N–H and O–H groups in total. The minimum absolute atomic E-state index is 0.651. The summed E-state index contributed by atoms with van der Waals surface area (Å²) < 4.78 is 0. The van der Waals surface area contributed by atoms with Gasteiger partial charge in [0.1, 0.15) is 0 Å². The van der Waals surface area contributed by atoms with Crippen LogP contribution in [0, 0.1) is 0 Å². The molecule has 26 heavy (non-hydrogen) atoms. The first kappa shape index (κ1) is 17.4. The van der Waals surface area contributed by atoms with Gasteiger partial charge in [0.25, 0.3) is 0 Å². The van der Waals surface area contributed by atoms with Gasteiger partial charge in [-0.1, -0.05) is 30.3 Å².